The highest BCUT2D eigenvalue weighted by Crippen LogP contribution is 2.23. The molecule has 1 aromatic heterocycles. The molecule has 1 heterocycles. The van der Waals surface area contributed by atoms with E-state index in [4.69, 9.17) is 23.2 Å². The lowest BCUT2D eigenvalue weighted by molar-refractivity contribution is 0.650. The Labute approximate surface area is 136 Å². The molecular weight excluding hydrogens is 305 g/mol. The van der Waals surface area contributed by atoms with Crippen molar-refractivity contribution in [1.29, 1.82) is 0 Å². The van der Waals surface area contributed by atoms with Gasteiger partial charge in [-0.05, 0) is 44.5 Å². The molecular formula is C16H21Cl2N3. The molecule has 0 radical (unpaired) electrons. The molecule has 21 heavy (non-hydrogen) atoms. The third kappa shape index (κ3) is 4.00. The molecule has 1 aromatic carbocycles. The van der Waals surface area contributed by atoms with E-state index in [1.165, 1.54) is 11.3 Å². The summed E-state index contributed by atoms with van der Waals surface area (Å²) in [4.78, 5) is 0. The summed E-state index contributed by atoms with van der Waals surface area (Å²) in [5.41, 5.74) is 4.66. The van der Waals surface area contributed by atoms with Crippen LogP contribution in [0.5, 0.6) is 0 Å². The van der Waals surface area contributed by atoms with Crippen molar-refractivity contribution in [3.8, 4) is 0 Å². The van der Waals surface area contributed by atoms with E-state index in [0.29, 0.717) is 16.6 Å². The van der Waals surface area contributed by atoms with Crippen molar-refractivity contribution in [2.45, 2.75) is 40.3 Å². The van der Waals surface area contributed by atoms with E-state index in [1.807, 2.05) is 22.9 Å². The van der Waals surface area contributed by atoms with Crippen molar-refractivity contribution in [2.24, 2.45) is 0 Å². The fraction of sp³-hybridized carbons (Fsp3) is 0.438. The summed E-state index contributed by atoms with van der Waals surface area (Å²) in [5, 5.41) is 9.24. The Morgan fingerprint density at radius 3 is 2.62 bits per heavy atom. The number of benzene rings is 1. The van der Waals surface area contributed by atoms with Crippen molar-refractivity contribution in [2.75, 3.05) is 6.54 Å². The van der Waals surface area contributed by atoms with Crippen molar-refractivity contribution in [1.82, 2.24) is 15.1 Å². The lowest BCUT2D eigenvalue weighted by atomic mass is 10.2. The molecule has 1 N–H and O–H groups in total. The van der Waals surface area contributed by atoms with Crippen molar-refractivity contribution in [3.05, 3.63) is 50.8 Å². The smallest absolute Gasteiger partial charge is 0.0663 e. The predicted molar refractivity (Wildman–Crippen MR) is 89.3 cm³/mol. The standard InChI is InChI=1S/C16H21Cl2N3/c1-4-7-19-9-14-11(2)20-21(12(14)3)10-13-5-6-15(17)16(18)8-13/h5-6,8,19H,4,7,9-10H2,1-3H3. The van der Waals surface area contributed by atoms with Crippen LogP contribution in [0, 0.1) is 13.8 Å². The zero-order valence-corrected chi connectivity index (χ0v) is 14.2. The third-order valence-corrected chi connectivity index (χ3v) is 4.32. The maximum absolute atomic E-state index is 6.07. The monoisotopic (exact) mass is 325 g/mol. The van der Waals surface area contributed by atoms with Gasteiger partial charge in [0.1, 0.15) is 0 Å². The fourth-order valence-electron chi connectivity index (χ4n) is 2.34. The van der Waals surface area contributed by atoms with Gasteiger partial charge >= 0.3 is 0 Å². The summed E-state index contributed by atoms with van der Waals surface area (Å²) in [5.74, 6) is 0. The number of rotatable bonds is 6. The van der Waals surface area contributed by atoms with Crippen LogP contribution in [0.2, 0.25) is 10.0 Å². The number of halogens is 2. The second kappa shape index (κ2) is 7.30. The molecule has 2 aromatic rings. The van der Waals surface area contributed by atoms with E-state index in [0.717, 1.165) is 30.8 Å². The number of aryl methyl sites for hydroxylation is 1. The van der Waals surface area contributed by atoms with Crippen molar-refractivity contribution >= 4 is 23.2 Å². The molecule has 0 saturated carbocycles. The Balaban J connectivity index is 2.16. The highest BCUT2D eigenvalue weighted by atomic mass is 35.5. The molecule has 5 heteroatoms. The van der Waals surface area contributed by atoms with Crippen LogP contribution in [0.25, 0.3) is 0 Å². The minimum Gasteiger partial charge on any atom is -0.313 e. The Hall–Kier alpha value is -1.03. The van der Waals surface area contributed by atoms with Gasteiger partial charge in [-0.15, -0.1) is 0 Å². The Morgan fingerprint density at radius 2 is 1.95 bits per heavy atom. The van der Waals surface area contributed by atoms with Crippen LogP contribution in [-0.2, 0) is 13.1 Å². The SMILES string of the molecule is CCCNCc1c(C)nn(Cc2ccc(Cl)c(Cl)c2)c1C. The number of nitrogens with one attached hydrogen (secondary N) is 1. The molecule has 114 valence electrons. The van der Waals surface area contributed by atoms with E-state index in [2.05, 4.69) is 31.2 Å². The molecule has 0 amide bonds. The maximum atomic E-state index is 6.07. The summed E-state index contributed by atoms with van der Waals surface area (Å²) in [6.07, 6.45) is 1.13. The molecule has 0 fully saturated rings. The largest absolute Gasteiger partial charge is 0.313 e. The number of hydrogen-bond donors (Lipinski definition) is 1. The van der Waals surface area contributed by atoms with Gasteiger partial charge < -0.3 is 5.32 Å². The van der Waals surface area contributed by atoms with Gasteiger partial charge in [0, 0.05) is 17.8 Å². The van der Waals surface area contributed by atoms with Gasteiger partial charge in [0.2, 0.25) is 0 Å². The number of nitrogens with zero attached hydrogens (tertiary/aromatic N) is 2. The van der Waals surface area contributed by atoms with Gasteiger partial charge in [0.25, 0.3) is 0 Å². The normalized spacial score (nSPS) is 11.1. The first-order valence-electron chi connectivity index (χ1n) is 7.20. The van der Waals surface area contributed by atoms with Gasteiger partial charge in [-0.1, -0.05) is 36.2 Å². The summed E-state index contributed by atoms with van der Waals surface area (Å²) < 4.78 is 2.03. The Bertz CT molecular complexity index is 620. The fourth-order valence-corrected chi connectivity index (χ4v) is 2.67. The molecule has 3 nitrogen and oxygen atoms in total. The quantitative estimate of drug-likeness (QED) is 0.800. The van der Waals surface area contributed by atoms with Crippen LogP contribution in [-0.4, -0.2) is 16.3 Å². The van der Waals surface area contributed by atoms with E-state index in [9.17, 15) is 0 Å². The molecule has 0 saturated heterocycles. The molecule has 0 atom stereocenters. The van der Waals surface area contributed by atoms with Crippen molar-refractivity contribution in [3.63, 3.8) is 0 Å². The van der Waals surface area contributed by atoms with Gasteiger partial charge in [-0.2, -0.15) is 5.10 Å². The van der Waals surface area contributed by atoms with Gasteiger partial charge in [-0.3, -0.25) is 4.68 Å². The van der Waals surface area contributed by atoms with Crippen LogP contribution >= 0.6 is 23.2 Å². The average Bonchev–Trinajstić information content (AvgIpc) is 2.70. The topological polar surface area (TPSA) is 29.9 Å². The molecule has 0 bridgehead atoms. The summed E-state index contributed by atoms with van der Waals surface area (Å²) in [6.45, 7) is 8.93. The molecule has 0 aliphatic rings. The van der Waals surface area contributed by atoms with E-state index < -0.39 is 0 Å². The molecule has 0 unspecified atom stereocenters. The first-order chi connectivity index (χ1) is 10.0. The average molecular weight is 326 g/mol. The lowest BCUT2D eigenvalue weighted by Crippen LogP contribution is -2.15. The number of hydrogen-bond acceptors (Lipinski definition) is 2. The van der Waals surface area contributed by atoms with Crippen LogP contribution < -0.4 is 5.32 Å². The van der Waals surface area contributed by atoms with Crippen molar-refractivity contribution < 1.29 is 0 Å². The highest BCUT2D eigenvalue weighted by Gasteiger charge is 2.11. The maximum Gasteiger partial charge on any atom is 0.0663 e. The second-order valence-electron chi connectivity index (χ2n) is 5.23. The lowest BCUT2D eigenvalue weighted by Gasteiger charge is -2.07. The summed E-state index contributed by atoms with van der Waals surface area (Å²) in [7, 11) is 0. The summed E-state index contributed by atoms with van der Waals surface area (Å²) in [6, 6.07) is 5.71. The minimum atomic E-state index is 0.582. The van der Waals surface area contributed by atoms with Crippen LogP contribution in [0.15, 0.2) is 18.2 Å². The van der Waals surface area contributed by atoms with E-state index in [1.54, 1.807) is 0 Å². The van der Waals surface area contributed by atoms with E-state index >= 15 is 0 Å². The van der Waals surface area contributed by atoms with Gasteiger partial charge in [0.05, 0.1) is 22.3 Å². The van der Waals surface area contributed by atoms with Crippen LogP contribution in [0.3, 0.4) is 0 Å². The molecule has 0 aliphatic carbocycles. The third-order valence-electron chi connectivity index (χ3n) is 3.58. The molecule has 0 spiro atoms. The second-order valence-corrected chi connectivity index (χ2v) is 6.05. The number of aromatic nitrogens is 2. The minimum absolute atomic E-state index is 0.582. The zero-order valence-electron chi connectivity index (χ0n) is 12.7. The van der Waals surface area contributed by atoms with E-state index in [-0.39, 0.29) is 0 Å². The van der Waals surface area contributed by atoms with Crippen LogP contribution in [0.1, 0.15) is 35.9 Å². The first kappa shape index (κ1) is 16.3. The Kier molecular flexibility index (Phi) is 5.68. The molecule has 2 rings (SSSR count). The predicted octanol–water partition coefficient (Wildman–Crippen LogP) is 4.35. The molecule has 0 aliphatic heterocycles. The van der Waals surface area contributed by atoms with Gasteiger partial charge in [-0.25, -0.2) is 0 Å². The van der Waals surface area contributed by atoms with Gasteiger partial charge in [0.15, 0.2) is 0 Å². The first-order valence-corrected chi connectivity index (χ1v) is 7.96. The van der Waals surface area contributed by atoms with Crippen LogP contribution in [0.4, 0.5) is 0 Å². The Morgan fingerprint density at radius 1 is 1.19 bits per heavy atom. The summed E-state index contributed by atoms with van der Waals surface area (Å²) >= 11 is 12.0. The zero-order chi connectivity index (χ0) is 15.4. The highest BCUT2D eigenvalue weighted by molar-refractivity contribution is 6.42.